The van der Waals surface area contributed by atoms with Crippen LogP contribution in [0.3, 0.4) is 0 Å². The van der Waals surface area contributed by atoms with Gasteiger partial charge in [-0.05, 0) is 24.1 Å². The molecule has 0 spiro atoms. The fourth-order valence-corrected chi connectivity index (χ4v) is 4.86. The molecule has 0 unspecified atom stereocenters. The van der Waals surface area contributed by atoms with Crippen LogP contribution in [0.15, 0.2) is 47.6 Å². The van der Waals surface area contributed by atoms with Crippen LogP contribution in [0.4, 0.5) is 4.79 Å². The molecule has 170 valence electrons. The van der Waals surface area contributed by atoms with E-state index in [1.54, 1.807) is 38.2 Å². The predicted molar refractivity (Wildman–Crippen MR) is 118 cm³/mol. The van der Waals surface area contributed by atoms with Crippen LogP contribution >= 0.6 is 23.2 Å². The molecule has 0 saturated heterocycles. The number of pyridine rings is 1. The highest BCUT2D eigenvalue weighted by atomic mass is 35.5. The van der Waals surface area contributed by atoms with Gasteiger partial charge in [-0.1, -0.05) is 43.1 Å². The SMILES string of the molecule is CC(C)c1nc(COC(N)=O)n(Cc2ccccn2)c1S(=O)(=O)Oc1cc(Cl)cc(Cl)c1. The number of nitrogens with zero attached hydrogens (tertiary/aromatic N) is 3. The largest absolute Gasteiger partial charge is 0.442 e. The number of carbonyl (C=O) groups excluding carboxylic acids is 1. The first-order valence-corrected chi connectivity index (χ1v) is 11.5. The predicted octanol–water partition coefficient (Wildman–Crippen LogP) is 4.12. The van der Waals surface area contributed by atoms with Crippen molar-refractivity contribution in [3.63, 3.8) is 0 Å². The van der Waals surface area contributed by atoms with Gasteiger partial charge in [0, 0.05) is 28.4 Å². The summed E-state index contributed by atoms with van der Waals surface area (Å²) in [6, 6.07) is 9.33. The number of nitrogens with two attached hydrogens (primary N) is 1. The summed E-state index contributed by atoms with van der Waals surface area (Å²) < 4.78 is 38.4. The van der Waals surface area contributed by atoms with Crippen molar-refractivity contribution in [1.29, 1.82) is 0 Å². The lowest BCUT2D eigenvalue weighted by molar-refractivity contribution is 0.145. The second-order valence-corrected chi connectivity index (χ2v) is 9.37. The summed E-state index contributed by atoms with van der Waals surface area (Å²) in [5.41, 5.74) is 5.88. The molecular weight excluding hydrogens is 479 g/mol. The molecule has 0 aliphatic rings. The molecule has 0 bridgehead atoms. The molecule has 2 N–H and O–H groups in total. The van der Waals surface area contributed by atoms with E-state index in [2.05, 4.69) is 9.97 Å². The molecule has 0 radical (unpaired) electrons. The number of amides is 1. The second kappa shape index (κ2) is 9.76. The number of carbonyl (C=O) groups is 1. The van der Waals surface area contributed by atoms with Crippen molar-refractivity contribution in [2.75, 3.05) is 0 Å². The van der Waals surface area contributed by atoms with Gasteiger partial charge in [0.2, 0.25) is 0 Å². The summed E-state index contributed by atoms with van der Waals surface area (Å²) in [6.07, 6.45) is 0.561. The Morgan fingerprint density at radius 1 is 1.19 bits per heavy atom. The van der Waals surface area contributed by atoms with Crippen LogP contribution in [0.2, 0.25) is 10.0 Å². The Kier molecular flexibility index (Phi) is 7.27. The van der Waals surface area contributed by atoms with Gasteiger partial charge >= 0.3 is 16.2 Å². The summed E-state index contributed by atoms with van der Waals surface area (Å²) in [5, 5.41) is 0.228. The van der Waals surface area contributed by atoms with Crippen molar-refractivity contribution in [3.05, 3.63) is 69.9 Å². The molecule has 0 aliphatic carbocycles. The molecule has 3 rings (SSSR count). The first-order chi connectivity index (χ1) is 15.1. The molecule has 9 nitrogen and oxygen atoms in total. The third-order valence-electron chi connectivity index (χ3n) is 4.24. The quantitative estimate of drug-likeness (QED) is 0.462. The number of hydrogen-bond donors (Lipinski definition) is 1. The number of rotatable bonds is 8. The molecule has 2 heterocycles. The van der Waals surface area contributed by atoms with Crippen molar-refractivity contribution in [2.45, 2.75) is 37.9 Å². The number of ether oxygens (including phenoxy) is 1. The van der Waals surface area contributed by atoms with Gasteiger partial charge in [0.15, 0.2) is 11.6 Å². The van der Waals surface area contributed by atoms with Gasteiger partial charge in [0.05, 0.1) is 17.9 Å². The average Bonchev–Trinajstić information content (AvgIpc) is 3.05. The topological polar surface area (TPSA) is 126 Å². The molecule has 3 aromatic rings. The fourth-order valence-electron chi connectivity index (χ4n) is 2.95. The fraction of sp³-hybridized carbons (Fsp3) is 0.250. The Hall–Kier alpha value is -2.82. The molecule has 0 atom stereocenters. The molecular formula is C20H20Cl2N4O5S. The maximum Gasteiger partial charge on any atom is 0.404 e. The van der Waals surface area contributed by atoms with E-state index in [-0.39, 0.29) is 51.4 Å². The van der Waals surface area contributed by atoms with E-state index in [1.165, 1.54) is 22.8 Å². The molecule has 2 aromatic heterocycles. The van der Waals surface area contributed by atoms with Crippen LogP contribution < -0.4 is 9.92 Å². The molecule has 1 amide bonds. The average molecular weight is 499 g/mol. The summed E-state index contributed by atoms with van der Waals surface area (Å²) in [6.45, 7) is 3.26. The van der Waals surface area contributed by atoms with Crippen LogP contribution in [0.5, 0.6) is 5.75 Å². The highest BCUT2D eigenvalue weighted by Crippen LogP contribution is 2.31. The van der Waals surface area contributed by atoms with Crippen molar-refractivity contribution >= 4 is 39.4 Å². The first kappa shape index (κ1) is 23.8. The highest BCUT2D eigenvalue weighted by molar-refractivity contribution is 7.87. The maximum atomic E-state index is 13.4. The van der Waals surface area contributed by atoms with Gasteiger partial charge in [-0.2, -0.15) is 8.42 Å². The van der Waals surface area contributed by atoms with Crippen LogP contribution in [-0.2, 0) is 28.0 Å². The molecule has 1 aromatic carbocycles. The lowest BCUT2D eigenvalue weighted by Gasteiger charge is -2.14. The second-order valence-electron chi connectivity index (χ2n) is 7.03. The molecule has 0 aliphatic heterocycles. The van der Waals surface area contributed by atoms with E-state index in [9.17, 15) is 13.2 Å². The Bertz CT molecular complexity index is 1210. The monoisotopic (exact) mass is 498 g/mol. The third-order valence-corrected chi connectivity index (χ3v) is 5.99. The number of benzene rings is 1. The Morgan fingerprint density at radius 2 is 1.88 bits per heavy atom. The zero-order chi connectivity index (χ0) is 23.5. The standard InChI is InChI=1S/C20H20Cl2N4O5S/c1-12(2)18-19(32(28,29)31-16-8-13(21)7-14(22)9-16)26(10-15-5-3-4-6-24-15)17(25-18)11-30-20(23)27/h3-9,12H,10-11H2,1-2H3,(H2,23,27). The van der Waals surface area contributed by atoms with E-state index in [0.29, 0.717) is 5.69 Å². The van der Waals surface area contributed by atoms with Crippen LogP contribution in [0.25, 0.3) is 0 Å². The van der Waals surface area contributed by atoms with E-state index < -0.39 is 16.2 Å². The summed E-state index contributed by atoms with van der Waals surface area (Å²) >= 11 is 11.9. The number of primary amides is 1. The number of hydrogen-bond acceptors (Lipinski definition) is 7. The lowest BCUT2D eigenvalue weighted by Crippen LogP contribution is -2.20. The minimum absolute atomic E-state index is 0.0340. The zero-order valence-electron chi connectivity index (χ0n) is 17.2. The smallest absolute Gasteiger partial charge is 0.404 e. The summed E-state index contributed by atoms with van der Waals surface area (Å²) in [7, 11) is -4.41. The first-order valence-electron chi connectivity index (χ1n) is 9.39. The van der Waals surface area contributed by atoms with Gasteiger partial charge in [-0.15, -0.1) is 0 Å². The van der Waals surface area contributed by atoms with Crippen LogP contribution in [-0.4, -0.2) is 29.0 Å². The Labute approximate surface area is 195 Å². The van der Waals surface area contributed by atoms with E-state index in [1.807, 2.05) is 0 Å². The highest BCUT2D eigenvalue weighted by Gasteiger charge is 2.32. The van der Waals surface area contributed by atoms with Crippen molar-refractivity contribution in [2.24, 2.45) is 5.73 Å². The van der Waals surface area contributed by atoms with Crippen molar-refractivity contribution in [1.82, 2.24) is 14.5 Å². The number of imidazole rings is 1. The molecule has 32 heavy (non-hydrogen) atoms. The molecule has 0 fully saturated rings. The maximum absolute atomic E-state index is 13.4. The number of aromatic nitrogens is 3. The summed E-state index contributed by atoms with van der Waals surface area (Å²) in [5.74, 6) is -0.189. The normalized spacial score (nSPS) is 11.5. The van der Waals surface area contributed by atoms with Gasteiger partial charge < -0.3 is 19.2 Å². The van der Waals surface area contributed by atoms with Gasteiger partial charge in [-0.25, -0.2) is 9.78 Å². The zero-order valence-corrected chi connectivity index (χ0v) is 19.5. The van der Waals surface area contributed by atoms with Gasteiger partial charge in [0.25, 0.3) is 0 Å². The van der Waals surface area contributed by atoms with E-state index >= 15 is 0 Å². The lowest BCUT2D eigenvalue weighted by atomic mass is 10.1. The minimum Gasteiger partial charge on any atom is -0.442 e. The Morgan fingerprint density at radius 3 is 2.44 bits per heavy atom. The van der Waals surface area contributed by atoms with Crippen LogP contribution in [0, 0.1) is 0 Å². The van der Waals surface area contributed by atoms with Crippen molar-refractivity contribution in [3.8, 4) is 5.75 Å². The van der Waals surface area contributed by atoms with Gasteiger partial charge in [0.1, 0.15) is 11.6 Å². The van der Waals surface area contributed by atoms with E-state index in [4.69, 9.17) is 37.9 Å². The van der Waals surface area contributed by atoms with Crippen LogP contribution in [0.1, 0.15) is 37.0 Å². The van der Waals surface area contributed by atoms with Crippen molar-refractivity contribution < 1.29 is 22.1 Å². The van der Waals surface area contributed by atoms with E-state index in [0.717, 1.165) is 0 Å². The minimum atomic E-state index is -4.41. The third kappa shape index (κ3) is 5.70. The Balaban J connectivity index is 2.15. The molecule has 0 saturated carbocycles. The molecule has 12 heteroatoms. The summed E-state index contributed by atoms with van der Waals surface area (Å²) in [4.78, 5) is 19.8. The van der Waals surface area contributed by atoms with Gasteiger partial charge in [-0.3, -0.25) is 4.98 Å². The number of halogens is 2.